The zero-order valence-corrected chi connectivity index (χ0v) is 14.3. The average Bonchev–Trinajstić information content (AvgIpc) is 2.89. The molecule has 24 heavy (non-hydrogen) atoms. The van der Waals surface area contributed by atoms with Crippen molar-refractivity contribution in [3.8, 4) is 0 Å². The van der Waals surface area contributed by atoms with Gasteiger partial charge in [-0.3, -0.25) is 4.79 Å². The molecule has 0 radical (unpaired) electrons. The van der Waals surface area contributed by atoms with E-state index in [1.54, 1.807) is 0 Å². The maximum absolute atomic E-state index is 12.8. The summed E-state index contributed by atoms with van der Waals surface area (Å²) in [5.41, 5.74) is -0.307. The lowest BCUT2D eigenvalue weighted by Gasteiger charge is -2.51. The predicted molar refractivity (Wildman–Crippen MR) is 84.8 cm³/mol. The van der Waals surface area contributed by atoms with Gasteiger partial charge in [0.25, 0.3) is 5.79 Å². The zero-order valence-electron chi connectivity index (χ0n) is 14.3. The van der Waals surface area contributed by atoms with E-state index in [0.717, 1.165) is 25.7 Å². The summed E-state index contributed by atoms with van der Waals surface area (Å²) in [6.07, 6.45) is 6.34. The Hall–Kier alpha value is -0.980. The highest BCUT2D eigenvalue weighted by molar-refractivity contribution is 5.86. The minimum Gasteiger partial charge on any atom is -0.465 e. The summed E-state index contributed by atoms with van der Waals surface area (Å²) >= 11 is 0. The summed E-state index contributed by atoms with van der Waals surface area (Å²) < 4.78 is 10.5. The molecule has 0 bridgehead atoms. The molecule has 0 amide bonds. The fourth-order valence-electron chi connectivity index (χ4n) is 5.44. The number of rotatable bonds is 5. The number of carbonyl (C=O) groups excluding carboxylic acids is 2. The Morgan fingerprint density at radius 2 is 2.17 bits per heavy atom. The van der Waals surface area contributed by atoms with Gasteiger partial charge in [-0.25, -0.2) is 4.79 Å². The summed E-state index contributed by atoms with van der Waals surface area (Å²) in [6, 6.07) is 0. The minimum atomic E-state index is -2.02. The van der Waals surface area contributed by atoms with Gasteiger partial charge in [-0.05, 0) is 31.6 Å². The maximum atomic E-state index is 12.8. The fraction of sp³-hybridized carbons (Fsp3) is 0.889. The zero-order chi connectivity index (χ0) is 17.4. The first-order valence-electron chi connectivity index (χ1n) is 9.08. The van der Waals surface area contributed by atoms with Gasteiger partial charge in [-0.15, -0.1) is 0 Å². The fourth-order valence-corrected chi connectivity index (χ4v) is 5.44. The lowest BCUT2D eigenvalue weighted by Crippen LogP contribution is -2.58. The molecule has 1 aliphatic heterocycles. The van der Waals surface area contributed by atoms with Crippen LogP contribution in [0.1, 0.15) is 51.4 Å². The number of ether oxygens (including phenoxy) is 2. The van der Waals surface area contributed by atoms with E-state index in [-0.39, 0.29) is 23.7 Å². The molecule has 1 saturated heterocycles. The van der Waals surface area contributed by atoms with Crippen LogP contribution >= 0.6 is 0 Å². The van der Waals surface area contributed by atoms with Crippen LogP contribution in [-0.2, 0) is 19.1 Å². The van der Waals surface area contributed by atoms with Crippen LogP contribution in [0.25, 0.3) is 0 Å². The number of esters is 1. The predicted octanol–water partition coefficient (Wildman–Crippen LogP) is 1.42. The summed E-state index contributed by atoms with van der Waals surface area (Å²) in [4.78, 5) is 25.1. The third-order valence-electron chi connectivity index (χ3n) is 6.52. The molecule has 6 nitrogen and oxygen atoms in total. The molecule has 0 aromatic carbocycles. The summed E-state index contributed by atoms with van der Waals surface area (Å²) in [7, 11) is 1.23. The van der Waals surface area contributed by atoms with Crippen molar-refractivity contribution in [3.05, 3.63) is 0 Å². The number of methoxy groups -OCH3 is 1. The van der Waals surface area contributed by atoms with E-state index in [0.29, 0.717) is 32.3 Å². The van der Waals surface area contributed by atoms with E-state index in [2.05, 4.69) is 0 Å². The van der Waals surface area contributed by atoms with Crippen molar-refractivity contribution in [2.75, 3.05) is 20.3 Å². The molecule has 3 aliphatic rings. The number of aliphatic hydroxyl groups is 2. The Labute approximate surface area is 142 Å². The molecule has 1 heterocycles. The number of aliphatic hydroxyl groups excluding tert-OH is 1. The highest BCUT2D eigenvalue weighted by Gasteiger charge is 2.69. The van der Waals surface area contributed by atoms with Crippen molar-refractivity contribution < 1.29 is 29.3 Å². The van der Waals surface area contributed by atoms with Crippen LogP contribution in [0.3, 0.4) is 0 Å². The van der Waals surface area contributed by atoms with E-state index in [4.69, 9.17) is 14.6 Å². The maximum Gasteiger partial charge on any atom is 0.366 e. The number of carbonyl (C=O) groups is 2. The Balaban J connectivity index is 1.97. The first kappa shape index (κ1) is 17.8. The Morgan fingerprint density at radius 1 is 1.38 bits per heavy atom. The molecule has 3 rings (SSSR count). The SMILES string of the molecule is COC(=O)[C@@]1(O)OC[C@]23CCCC[C@@H]2CC(=O)[C@@H](CCCCO)[C@@H]31. The number of ketones is 1. The number of hydrogen-bond acceptors (Lipinski definition) is 6. The van der Waals surface area contributed by atoms with Crippen LogP contribution in [0, 0.1) is 23.2 Å². The molecule has 2 N–H and O–H groups in total. The summed E-state index contributed by atoms with van der Waals surface area (Å²) in [6.45, 7) is 0.398. The highest BCUT2D eigenvalue weighted by atomic mass is 16.7. The molecule has 1 spiro atoms. The van der Waals surface area contributed by atoms with Crippen molar-refractivity contribution >= 4 is 11.8 Å². The lowest BCUT2D eigenvalue weighted by molar-refractivity contribution is -0.230. The van der Waals surface area contributed by atoms with Crippen LogP contribution < -0.4 is 0 Å². The monoisotopic (exact) mass is 340 g/mol. The second-order valence-electron chi connectivity index (χ2n) is 7.63. The van der Waals surface area contributed by atoms with Crippen LogP contribution in [0.2, 0.25) is 0 Å². The Kier molecular flexibility index (Phi) is 5.00. The molecule has 0 aromatic rings. The average molecular weight is 340 g/mol. The van der Waals surface area contributed by atoms with Gasteiger partial charge in [-0.2, -0.15) is 0 Å². The molecule has 136 valence electrons. The molecular weight excluding hydrogens is 312 g/mol. The van der Waals surface area contributed by atoms with Crippen molar-refractivity contribution in [3.63, 3.8) is 0 Å². The van der Waals surface area contributed by atoms with Crippen LogP contribution in [-0.4, -0.2) is 48.1 Å². The van der Waals surface area contributed by atoms with Crippen molar-refractivity contribution in [1.82, 2.24) is 0 Å². The third kappa shape index (κ3) is 2.59. The molecule has 5 atom stereocenters. The number of unbranched alkanes of at least 4 members (excludes halogenated alkanes) is 1. The largest absolute Gasteiger partial charge is 0.465 e. The smallest absolute Gasteiger partial charge is 0.366 e. The van der Waals surface area contributed by atoms with Crippen molar-refractivity contribution in [2.24, 2.45) is 23.2 Å². The van der Waals surface area contributed by atoms with Gasteiger partial charge >= 0.3 is 5.97 Å². The second kappa shape index (κ2) is 6.73. The van der Waals surface area contributed by atoms with E-state index in [1.165, 1.54) is 7.11 Å². The Bertz CT molecular complexity index is 506. The topological polar surface area (TPSA) is 93.1 Å². The second-order valence-corrected chi connectivity index (χ2v) is 7.63. The van der Waals surface area contributed by atoms with Gasteiger partial charge < -0.3 is 19.7 Å². The lowest BCUT2D eigenvalue weighted by atomic mass is 9.50. The van der Waals surface area contributed by atoms with Crippen LogP contribution in [0.15, 0.2) is 0 Å². The molecular formula is C18H28O6. The van der Waals surface area contributed by atoms with E-state index < -0.39 is 23.6 Å². The summed E-state index contributed by atoms with van der Waals surface area (Å²) in [5.74, 6) is -3.47. The van der Waals surface area contributed by atoms with Crippen molar-refractivity contribution in [1.29, 1.82) is 0 Å². The van der Waals surface area contributed by atoms with Crippen LogP contribution in [0.5, 0.6) is 0 Å². The van der Waals surface area contributed by atoms with Gasteiger partial charge in [0.2, 0.25) is 0 Å². The highest BCUT2D eigenvalue weighted by Crippen LogP contribution is 2.62. The first-order valence-corrected chi connectivity index (χ1v) is 9.08. The minimum absolute atomic E-state index is 0.0805. The van der Waals surface area contributed by atoms with E-state index >= 15 is 0 Å². The van der Waals surface area contributed by atoms with Gasteiger partial charge in [0, 0.05) is 30.3 Å². The molecule has 2 saturated carbocycles. The molecule has 3 fully saturated rings. The summed E-state index contributed by atoms with van der Waals surface area (Å²) in [5, 5.41) is 20.1. The van der Waals surface area contributed by atoms with E-state index in [9.17, 15) is 14.7 Å². The van der Waals surface area contributed by atoms with Gasteiger partial charge in [0.05, 0.1) is 13.7 Å². The van der Waals surface area contributed by atoms with Gasteiger partial charge in [-0.1, -0.05) is 19.3 Å². The van der Waals surface area contributed by atoms with Crippen molar-refractivity contribution in [2.45, 2.75) is 57.2 Å². The van der Waals surface area contributed by atoms with Gasteiger partial charge in [0.15, 0.2) is 0 Å². The normalized spacial score (nSPS) is 41.6. The molecule has 2 aliphatic carbocycles. The Morgan fingerprint density at radius 3 is 2.88 bits per heavy atom. The van der Waals surface area contributed by atoms with Gasteiger partial charge in [0.1, 0.15) is 5.78 Å². The molecule has 0 aromatic heterocycles. The standard InChI is InChI=1S/C18H28O6/c1-23-16(21)18(22)15-13(7-3-5-9-19)14(20)10-12-6-2-4-8-17(12,15)11-24-18/h12-13,15,19,22H,2-11H2,1H3/t12-,13-,15+,17-,18+/m1/s1. The third-order valence-corrected chi connectivity index (χ3v) is 6.52. The molecule has 0 unspecified atom stereocenters. The number of Topliss-reactive ketones (excluding diaryl/α,β-unsaturated/α-hetero) is 1. The van der Waals surface area contributed by atoms with Crippen LogP contribution in [0.4, 0.5) is 0 Å². The first-order chi connectivity index (χ1) is 11.5. The molecule has 6 heteroatoms. The van der Waals surface area contributed by atoms with E-state index in [1.807, 2.05) is 0 Å². The quantitative estimate of drug-likeness (QED) is 0.581. The number of hydrogen-bond donors (Lipinski definition) is 2.